The van der Waals surface area contributed by atoms with Gasteiger partial charge < -0.3 is 16.0 Å². The molecule has 2 bridgehead atoms. The number of amides is 2. The molecule has 3 aliphatic carbocycles. The second-order valence-corrected chi connectivity index (χ2v) is 10.6. The van der Waals surface area contributed by atoms with Gasteiger partial charge in [0.1, 0.15) is 5.66 Å². The molecular weight excluding hydrogens is 388 g/mol. The Morgan fingerprint density at radius 2 is 2.06 bits per heavy atom. The van der Waals surface area contributed by atoms with Gasteiger partial charge in [0.05, 0.1) is 5.56 Å². The first kappa shape index (κ1) is 20.8. The van der Waals surface area contributed by atoms with Crippen LogP contribution in [0, 0.1) is 17.3 Å². The number of rotatable bonds is 4. The van der Waals surface area contributed by atoms with Crippen LogP contribution in [0.3, 0.4) is 0 Å². The summed E-state index contributed by atoms with van der Waals surface area (Å²) in [6.45, 7) is 7.36. The van der Waals surface area contributed by atoms with Gasteiger partial charge in [-0.3, -0.25) is 14.5 Å². The summed E-state index contributed by atoms with van der Waals surface area (Å²) in [5, 5.41) is 10.2. The smallest absolute Gasteiger partial charge is 0.255 e. The summed E-state index contributed by atoms with van der Waals surface area (Å²) in [5.74, 6) is 0.493. The van der Waals surface area contributed by atoms with E-state index in [1.54, 1.807) is 0 Å². The molecule has 2 aliphatic heterocycles. The number of anilines is 1. The Balaban J connectivity index is 1.25. The second-order valence-electron chi connectivity index (χ2n) is 10.6. The maximum Gasteiger partial charge on any atom is 0.255 e. The van der Waals surface area contributed by atoms with Crippen molar-refractivity contribution in [3.63, 3.8) is 0 Å². The van der Waals surface area contributed by atoms with E-state index >= 15 is 0 Å². The summed E-state index contributed by atoms with van der Waals surface area (Å²) in [7, 11) is 0. The minimum atomic E-state index is -0.432. The number of nitrogens with zero attached hydrogens (tertiary/aromatic N) is 1. The molecule has 2 heterocycles. The number of piperidine rings is 1. The van der Waals surface area contributed by atoms with Crippen molar-refractivity contribution in [3.8, 4) is 0 Å². The van der Waals surface area contributed by atoms with Gasteiger partial charge in [-0.05, 0) is 69.5 Å². The lowest BCUT2D eigenvalue weighted by Gasteiger charge is -2.60. The van der Waals surface area contributed by atoms with Crippen LogP contribution in [-0.2, 0) is 4.79 Å². The third-order valence-corrected chi connectivity index (χ3v) is 8.63. The molecule has 1 aromatic rings. The standard InChI is InChI=1S/C25H36N4O2/c1-17-7-5-6-13-29(17)14-12-26-23(31)20-15-18-10-11-24(20,2)16-25(18)27-21-9-4-3-8-19(21)22(30)28-25/h3-4,8-9,17-18,20,27H,5-7,10-16H2,1-2H3,(H,26,31)(H,28,30)/t17-,18+,20+,24-,25-/m0/s1. The summed E-state index contributed by atoms with van der Waals surface area (Å²) >= 11 is 0. The number of carbonyl (C=O) groups is 2. The maximum atomic E-state index is 13.2. The van der Waals surface area contributed by atoms with E-state index in [0.29, 0.717) is 11.6 Å². The van der Waals surface area contributed by atoms with Crippen LogP contribution in [0.2, 0.25) is 0 Å². The second kappa shape index (κ2) is 7.80. The fourth-order valence-corrected chi connectivity index (χ4v) is 6.79. The van der Waals surface area contributed by atoms with Gasteiger partial charge >= 0.3 is 0 Å². The van der Waals surface area contributed by atoms with Crippen LogP contribution in [0.1, 0.15) is 69.2 Å². The van der Waals surface area contributed by atoms with Gasteiger partial charge in [-0.25, -0.2) is 0 Å². The summed E-state index contributed by atoms with van der Waals surface area (Å²) in [5.41, 5.74) is 1.09. The lowest BCUT2D eigenvalue weighted by molar-refractivity contribution is -0.139. The van der Waals surface area contributed by atoms with Crippen molar-refractivity contribution in [2.24, 2.45) is 17.3 Å². The molecule has 0 aromatic heterocycles. The van der Waals surface area contributed by atoms with Gasteiger partial charge in [0.15, 0.2) is 0 Å². The van der Waals surface area contributed by atoms with Gasteiger partial charge in [-0.15, -0.1) is 0 Å². The highest BCUT2D eigenvalue weighted by Gasteiger charge is 2.60. The van der Waals surface area contributed by atoms with Crippen LogP contribution < -0.4 is 16.0 Å². The highest BCUT2D eigenvalue weighted by atomic mass is 16.2. The molecule has 1 saturated heterocycles. The van der Waals surface area contributed by atoms with Crippen LogP contribution >= 0.6 is 0 Å². The van der Waals surface area contributed by atoms with Crippen molar-refractivity contribution in [1.82, 2.24) is 15.5 Å². The Hall–Kier alpha value is -2.08. The third kappa shape index (κ3) is 3.63. The summed E-state index contributed by atoms with van der Waals surface area (Å²) in [6.07, 6.45) is 7.57. The zero-order chi connectivity index (χ0) is 21.6. The molecule has 0 radical (unpaired) electrons. The molecule has 4 fully saturated rings. The largest absolute Gasteiger partial charge is 0.362 e. The Kier molecular flexibility index (Phi) is 5.24. The molecule has 1 aromatic carbocycles. The Labute approximate surface area is 185 Å². The minimum Gasteiger partial charge on any atom is -0.362 e. The van der Waals surface area contributed by atoms with E-state index in [2.05, 4.69) is 34.7 Å². The first-order chi connectivity index (χ1) is 14.9. The SMILES string of the molecule is C[C@H]1CCCCN1CCNC(=O)[C@H]1C[C@H]2CC[C@@]1(C)C[C@]21NC(=O)c2ccccc2N1. The lowest BCUT2D eigenvalue weighted by atomic mass is 9.51. The van der Waals surface area contributed by atoms with Crippen LogP contribution in [-0.4, -0.2) is 48.1 Å². The molecule has 5 atom stereocenters. The monoisotopic (exact) mass is 424 g/mol. The minimum absolute atomic E-state index is 0.00199. The van der Waals surface area contributed by atoms with E-state index in [-0.39, 0.29) is 29.1 Å². The topological polar surface area (TPSA) is 73.5 Å². The van der Waals surface area contributed by atoms with E-state index < -0.39 is 5.66 Å². The van der Waals surface area contributed by atoms with Crippen LogP contribution in [0.15, 0.2) is 24.3 Å². The summed E-state index contributed by atoms with van der Waals surface area (Å²) < 4.78 is 0. The Morgan fingerprint density at radius 1 is 1.23 bits per heavy atom. The first-order valence-corrected chi connectivity index (χ1v) is 12.1. The molecular formula is C25H36N4O2. The molecule has 31 heavy (non-hydrogen) atoms. The van der Waals surface area contributed by atoms with Crippen molar-refractivity contribution < 1.29 is 9.59 Å². The molecule has 3 saturated carbocycles. The van der Waals surface area contributed by atoms with Crippen molar-refractivity contribution in [3.05, 3.63) is 29.8 Å². The first-order valence-electron chi connectivity index (χ1n) is 12.1. The highest BCUT2D eigenvalue weighted by Crippen LogP contribution is 2.58. The molecule has 2 amide bonds. The third-order valence-electron chi connectivity index (χ3n) is 8.63. The van der Waals surface area contributed by atoms with Gasteiger partial charge in [-0.1, -0.05) is 25.5 Å². The molecule has 6 rings (SSSR count). The Morgan fingerprint density at radius 3 is 2.87 bits per heavy atom. The molecule has 6 heteroatoms. The van der Waals surface area contributed by atoms with Crippen LogP contribution in [0.25, 0.3) is 0 Å². The zero-order valence-corrected chi connectivity index (χ0v) is 18.9. The van der Waals surface area contributed by atoms with E-state index in [1.807, 2.05) is 24.3 Å². The van der Waals surface area contributed by atoms with Crippen molar-refractivity contribution in [2.45, 2.75) is 70.5 Å². The van der Waals surface area contributed by atoms with Crippen molar-refractivity contribution in [1.29, 1.82) is 0 Å². The van der Waals surface area contributed by atoms with Crippen molar-refractivity contribution >= 4 is 17.5 Å². The molecule has 6 nitrogen and oxygen atoms in total. The molecule has 3 N–H and O–H groups in total. The number of hydrogen-bond acceptors (Lipinski definition) is 4. The number of carbonyl (C=O) groups excluding carboxylic acids is 2. The van der Waals surface area contributed by atoms with Gasteiger partial charge in [-0.2, -0.15) is 0 Å². The van der Waals surface area contributed by atoms with E-state index in [9.17, 15) is 9.59 Å². The predicted molar refractivity (Wildman–Crippen MR) is 122 cm³/mol. The number of hydrogen-bond donors (Lipinski definition) is 3. The average molecular weight is 425 g/mol. The number of nitrogens with one attached hydrogen (secondary N) is 3. The lowest BCUT2D eigenvalue weighted by Crippen LogP contribution is -2.70. The predicted octanol–water partition coefficient (Wildman–Crippen LogP) is 3.36. The number of para-hydroxylation sites is 1. The fourth-order valence-electron chi connectivity index (χ4n) is 6.79. The fraction of sp³-hybridized carbons (Fsp3) is 0.680. The molecule has 168 valence electrons. The number of likely N-dealkylation sites (tertiary alicyclic amines) is 1. The van der Waals surface area contributed by atoms with Crippen LogP contribution in [0.4, 0.5) is 5.69 Å². The van der Waals surface area contributed by atoms with E-state index in [0.717, 1.165) is 51.0 Å². The Bertz CT molecular complexity index is 873. The maximum absolute atomic E-state index is 13.2. The van der Waals surface area contributed by atoms with Gasteiger partial charge in [0.2, 0.25) is 5.91 Å². The molecule has 0 unspecified atom stereocenters. The molecule has 1 spiro atoms. The zero-order valence-electron chi connectivity index (χ0n) is 18.9. The van der Waals surface area contributed by atoms with Gasteiger partial charge in [0, 0.05) is 36.7 Å². The quantitative estimate of drug-likeness (QED) is 0.693. The average Bonchev–Trinajstić information content (AvgIpc) is 2.74. The van der Waals surface area contributed by atoms with E-state index in [4.69, 9.17) is 0 Å². The van der Waals surface area contributed by atoms with E-state index in [1.165, 1.54) is 19.3 Å². The summed E-state index contributed by atoms with van der Waals surface area (Å²) in [6, 6.07) is 8.36. The normalized spacial score (nSPS) is 37.1. The van der Waals surface area contributed by atoms with Crippen LogP contribution in [0.5, 0.6) is 0 Å². The summed E-state index contributed by atoms with van der Waals surface area (Å²) in [4.78, 5) is 28.6. The number of benzene rings is 1. The number of fused-ring (bicyclic) bond motifs is 3. The van der Waals surface area contributed by atoms with Gasteiger partial charge in [0.25, 0.3) is 5.91 Å². The van der Waals surface area contributed by atoms with Crippen molar-refractivity contribution in [2.75, 3.05) is 25.0 Å². The molecule has 5 aliphatic rings. The highest BCUT2D eigenvalue weighted by molar-refractivity contribution is 6.02.